The van der Waals surface area contributed by atoms with Gasteiger partial charge in [0, 0.05) is 31.7 Å². The lowest BCUT2D eigenvalue weighted by atomic mass is 10.1. The molecule has 0 unspecified atom stereocenters. The van der Waals surface area contributed by atoms with E-state index in [1.807, 2.05) is 30.9 Å². The number of aryl methyl sites for hydroxylation is 3. The van der Waals surface area contributed by atoms with Crippen LogP contribution in [0, 0.1) is 6.92 Å². The number of imidazole rings is 2. The van der Waals surface area contributed by atoms with Gasteiger partial charge in [0.25, 0.3) is 0 Å². The Morgan fingerprint density at radius 3 is 2.69 bits per heavy atom. The first-order valence-corrected chi connectivity index (χ1v) is 8.82. The number of anilines is 1. The van der Waals surface area contributed by atoms with Crippen molar-refractivity contribution in [1.29, 1.82) is 0 Å². The van der Waals surface area contributed by atoms with Gasteiger partial charge < -0.3 is 9.47 Å². The second kappa shape index (κ2) is 7.95. The molecule has 7 heteroatoms. The third-order valence-electron chi connectivity index (χ3n) is 4.42. The van der Waals surface area contributed by atoms with E-state index in [4.69, 9.17) is 0 Å². The van der Waals surface area contributed by atoms with Gasteiger partial charge in [-0.25, -0.2) is 14.1 Å². The molecule has 0 radical (unpaired) electrons. The summed E-state index contributed by atoms with van der Waals surface area (Å²) in [5.41, 5.74) is 3.17. The smallest absolute Gasteiger partial charge is 0.249 e. The van der Waals surface area contributed by atoms with E-state index in [0.29, 0.717) is 5.95 Å². The Balaban J connectivity index is 1.70. The van der Waals surface area contributed by atoms with Crippen molar-refractivity contribution in [2.24, 2.45) is 24.3 Å². The molecule has 0 saturated heterocycles. The van der Waals surface area contributed by atoms with Gasteiger partial charge in [0.1, 0.15) is 18.9 Å². The van der Waals surface area contributed by atoms with E-state index in [-0.39, 0.29) is 0 Å². The van der Waals surface area contributed by atoms with Crippen molar-refractivity contribution in [1.82, 2.24) is 14.1 Å². The Morgan fingerprint density at radius 2 is 2.08 bits per heavy atom. The second-order valence-corrected chi connectivity index (χ2v) is 6.41. The van der Waals surface area contributed by atoms with Gasteiger partial charge in [-0.2, -0.15) is 0 Å². The lowest BCUT2D eigenvalue weighted by Gasteiger charge is -2.22. The quantitative estimate of drug-likeness (QED) is 0.484. The summed E-state index contributed by atoms with van der Waals surface area (Å²) in [7, 11) is 3.94. The van der Waals surface area contributed by atoms with Crippen molar-refractivity contribution in [3.63, 3.8) is 0 Å². The molecule has 3 rings (SSSR count). The summed E-state index contributed by atoms with van der Waals surface area (Å²) < 4.78 is 6.10. The van der Waals surface area contributed by atoms with E-state index < -0.39 is 0 Å². The SMILES string of the molecule is CCN(CCn1cc[n+](C)c1)c1ccc(/N=N/c2nccn2C)c(C)c1. The van der Waals surface area contributed by atoms with Gasteiger partial charge in [0.05, 0.1) is 19.3 Å². The molecule has 0 spiro atoms. The van der Waals surface area contributed by atoms with Gasteiger partial charge in [-0.1, -0.05) is 0 Å². The Labute approximate surface area is 154 Å². The van der Waals surface area contributed by atoms with E-state index in [2.05, 4.69) is 73.9 Å². The highest BCUT2D eigenvalue weighted by Gasteiger charge is 2.09. The van der Waals surface area contributed by atoms with Gasteiger partial charge in [-0.05, 0) is 37.6 Å². The summed E-state index contributed by atoms with van der Waals surface area (Å²) >= 11 is 0. The molecular weight excluding hydrogens is 326 g/mol. The molecule has 2 heterocycles. The first kappa shape index (κ1) is 17.8. The normalized spacial score (nSPS) is 11.4. The van der Waals surface area contributed by atoms with Crippen LogP contribution in [-0.4, -0.2) is 27.2 Å². The van der Waals surface area contributed by atoms with Crippen LogP contribution in [0.2, 0.25) is 0 Å². The van der Waals surface area contributed by atoms with Crippen LogP contribution in [-0.2, 0) is 20.6 Å². The second-order valence-electron chi connectivity index (χ2n) is 6.41. The zero-order valence-corrected chi connectivity index (χ0v) is 15.9. The predicted molar refractivity (Wildman–Crippen MR) is 102 cm³/mol. The number of aromatic nitrogens is 4. The maximum atomic E-state index is 4.35. The largest absolute Gasteiger partial charge is 0.368 e. The van der Waals surface area contributed by atoms with Gasteiger partial charge in [-0.3, -0.25) is 0 Å². The van der Waals surface area contributed by atoms with Gasteiger partial charge in [0.2, 0.25) is 12.3 Å². The number of nitrogens with zero attached hydrogens (tertiary/aromatic N) is 7. The Morgan fingerprint density at radius 1 is 1.23 bits per heavy atom. The van der Waals surface area contributed by atoms with Crippen LogP contribution in [0.15, 0.2) is 59.5 Å². The maximum absolute atomic E-state index is 4.35. The molecule has 0 atom stereocenters. The highest BCUT2D eigenvalue weighted by Crippen LogP contribution is 2.26. The summed E-state index contributed by atoms with van der Waals surface area (Å²) in [5, 5.41) is 8.58. The number of benzene rings is 1. The molecule has 0 bridgehead atoms. The van der Waals surface area contributed by atoms with Crippen LogP contribution in [0.25, 0.3) is 0 Å². The van der Waals surface area contributed by atoms with E-state index in [9.17, 15) is 0 Å². The maximum Gasteiger partial charge on any atom is 0.249 e. The van der Waals surface area contributed by atoms with E-state index in [1.165, 1.54) is 5.69 Å². The average molecular weight is 352 g/mol. The van der Waals surface area contributed by atoms with Crippen LogP contribution in [0.1, 0.15) is 12.5 Å². The molecule has 7 nitrogen and oxygen atoms in total. The van der Waals surface area contributed by atoms with Gasteiger partial charge in [0.15, 0.2) is 0 Å². The highest BCUT2D eigenvalue weighted by molar-refractivity contribution is 5.57. The van der Waals surface area contributed by atoms with Crippen LogP contribution in [0.5, 0.6) is 0 Å². The standard InChI is InChI=1S/C19H26N7/c1-5-26(13-12-25-11-10-23(3)15-25)17-6-7-18(16(2)14-17)21-22-19-20-8-9-24(19)4/h6-11,14-15H,5,12-13H2,1-4H3/q+1/b22-21+. The average Bonchev–Trinajstić information content (AvgIpc) is 3.23. The van der Waals surface area contributed by atoms with Crippen molar-refractivity contribution in [3.05, 3.63) is 54.9 Å². The Bertz CT molecular complexity index is 891. The molecule has 0 amide bonds. The molecule has 1 aromatic carbocycles. The Kier molecular flexibility index (Phi) is 5.46. The molecule has 0 aliphatic heterocycles. The minimum atomic E-state index is 0.601. The zero-order valence-electron chi connectivity index (χ0n) is 15.9. The molecular formula is C19H26N7+. The zero-order chi connectivity index (χ0) is 18.5. The van der Waals surface area contributed by atoms with E-state index in [1.54, 1.807) is 6.20 Å². The third kappa shape index (κ3) is 4.17. The van der Waals surface area contributed by atoms with Crippen molar-refractivity contribution < 1.29 is 4.57 Å². The fourth-order valence-electron chi connectivity index (χ4n) is 2.84. The summed E-state index contributed by atoms with van der Waals surface area (Å²) in [6.45, 7) is 7.11. The van der Waals surface area contributed by atoms with Gasteiger partial charge >= 0.3 is 0 Å². The van der Waals surface area contributed by atoms with E-state index in [0.717, 1.165) is 30.9 Å². The number of hydrogen-bond acceptors (Lipinski definition) is 4. The third-order valence-corrected chi connectivity index (χ3v) is 4.42. The molecule has 2 aromatic heterocycles. The molecule has 0 N–H and O–H groups in total. The molecule has 3 aromatic rings. The number of hydrogen-bond donors (Lipinski definition) is 0. The van der Waals surface area contributed by atoms with Crippen molar-refractivity contribution >= 4 is 17.3 Å². The first-order chi connectivity index (χ1) is 12.6. The lowest BCUT2D eigenvalue weighted by molar-refractivity contribution is -0.671. The topological polar surface area (TPSA) is 54.6 Å². The highest BCUT2D eigenvalue weighted by atomic mass is 15.2. The minimum Gasteiger partial charge on any atom is -0.368 e. The summed E-state index contributed by atoms with van der Waals surface area (Å²) in [5.74, 6) is 0.601. The number of likely N-dealkylation sites (N-methyl/N-ethyl adjacent to an activating group) is 1. The molecule has 0 aliphatic carbocycles. The lowest BCUT2D eigenvalue weighted by Crippen LogP contribution is -2.28. The van der Waals surface area contributed by atoms with Crippen molar-refractivity contribution in [2.75, 3.05) is 18.0 Å². The molecule has 136 valence electrons. The fraction of sp³-hybridized carbons (Fsp3) is 0.368. The minimum absolute atomic E-state index is 0.601. The summed E-state index contributed by atoms with van der Waals surface area (Å²) in [4.78, 5) is 6.53. The number of azo groups is 1. The van der Waals surface area contributed by atoms with Crippen LogP contribution in [0.4, 0.5) is 17.3 Å². The van der Waals surface area contributed by atoms with Crippen LogP contribution < -0.4 is 9.47 Å². The summed E-state index contributed by atoms with van der Waals surface area (Å²) in [6, 6.07) is 6.31. The number of rotatable bonds is 7. The van der Waals surface area contributed by atoms with Crippen molar-refractivity contribution in [2.45, 2.75) is 20.4 Å². The Hall–Kier alpha value is -2.96. The predicted octanol–water partition coefficient (Wildman–Crippen LogP) is 3.30. The van der Waals surface area contributed by atoms with Crippen LogP contribution in [0.3, 0.4) is 0 Å². The molecule has 0 aliphatic rings. The molecule has 0 saturated carbocycles. The van der Waals surface area contributed by atoms with Crippen molar-refractivity contribution in [3.8, 4) is 0 Å². The van der Waals surface area contributed by atoms with Crippen LogP contribution >= 0.6 is 0 Å². The first-order valence-electron chi connectivity index (χ1n) is 8.82. The molecule has 0 fully saturated rings. The van der Waals surface area contributed by atoms with Gasteiger partial charge in [-0.15, -0.1) is 10.2 Å². The molecule has 26 heavy (non-hydrogen) atoms. The summed E-state index contributed by atoms with van der Waals surface area (Å²) in [6.07, 6.45) is 9.82. The van der Waals surface area contributed by atoms with E-state index >= 15 is 0 Å². The fourth-order valence-corrected chi connectivity index (χ4v) is 2.84. The monoisotopic (exact) mass is 352 g/mol.